The molecule has 24 heavy (non-hydrogen) atoms. The number of hydrogen-bond acceptors (Lipinski definition) is 3. The Kier molecular flexibility index (Phi) is 11.6. The summed E-state index contributed by atoms with van der Waals surface area (Å²) in [6.45, 7) is 21.7. The molecule has 3 heteroatoms. The molecule has 0 atom stereocenters. The summed E-state index contributed by atoms with van der Waals surface area (Å²) in [6, 6.07) is 0. The van der Waals surface area contributed by atoms with Crippen LogP contribution in [0, 0.1) is 20.8 Å². The Hall–Kier alpha value is -1.22. The van der Waals surface area contributed by atoms with Gasteiger partial charge in [-0.05, 0) is 50.9 Å². The summed E-state index contributed by atoms with van der Waals surface area (Å²) in [6.07, 6.45) is 6.53. The van der Waals surface area contributed by atoms with Crippen LogP contribution in [0.15, 0.2) is 24.9 Å². The van der Waals surface area contributed by atoms with Gasteiger partial charge in [0.1, 0.15) is 5.82 Å². The Morgan fingerprint density at radius 1 is 1.17 bits per heavy atom. The lowest BCUT2D eigenvalue weighted by molar-refractivity contribution is 0.769. The van der Waals surface area contributed by atoms with Gasteiger partial charge in [0.25, 0.3) is 0 Å². The van der Waals surface area contributed by atoms with E-state index in [9.17, 15) is 0 Å². The average Bonchev–Trinajstić information content (AvgIpc) is 2.56. The van der Waals surface area contributed by atoms with Gasteiger partial charge >= 0.3 is 0 Å². The number of rotatable bonds is 8. The quantitative estimate of drug-likeness (QED) is 0.423. The second-order valence-corrected chi connectivity index (χ2v) is 6.59. The maximum absolute atomic E-state index is 4.77. The van der Waals surface area contributed by atoms with E-state index in [0.717, 1.165) is 24.5 Å². The third kappa shape index (κ3) is 6.72. The summed E-state index contributed by atoms with van der Waals surface area (Å²) >= 11 is 4.49. The Morgan fingerprint density at radius 3 is 2.21 bits per heavy atom. The molecule has 136 valence electrons. The second-order valence-electron chi connectivity index (χ2n) is 6.28. The summed E-state index contributed by atoms with van der Waals surface area (Å²) in [4.78, 5) is 6.87. The zero-order chi connectivity index (χ0) is 18.7. The molecule has 2 nitrogen and oxygen atoms in total. The van der Waals surface area contributed by atoms with E-state index >= 15 is 0 Å². The third-order valence-electron chi connectivity index (χ3n) is 4.03. The largest absolute Gasteiger partial charge is 0.329 e. The van der Waals surface area contributed by atoms with Crippen LogP contribution in [0.3, 0.4) is 0 Å². The van der Waals surface area contributed by atoms with Crippen LogP contribution in [0.2, 0.25) is 0 Å². The van der Waals surface area contributed by atoms with Gasteiger partial charge in [-0.3, -0.25) is 0 Å². The first-order valence-electron chi connectivity index (χ1n) is 9.01. The number of pyridine rings is 1. The van der Waals surface area contributed by atoms with Crippen LogP contribution < -0.4 is 4.90 Å². The Balaban J connectivity index is 0.00000163. The minimum absolute atomic E-state index is 0.682. The van der Waals surface area contributed by atoms with Crippen molar-refractivity contribution < 1.29 is 0 Å². The van der Waals surface area contributed by atoms with E-state index in [4.69, 9.17) is 4.98 Å². The van der Waals surface area contributed by atoms with Crippen molar-refractivity contribution in [3.63, 3.8) is 0 Å². The van der Waals surface area contributed by atoms with E-state index in [1.165, 1.54) is 41.5 Å². The molecule has 1 aromatic rings. The maximum atomic E-state index is 4.77. The number of hydrogen-bond donors (Lipinski definition) is 1. The highest BCUT2D eigenvalue weighted by molar-refractivity contribution is 7.79. The molecule has 0 aromatic carbocycles. The summed E-state index contributed by atoms with van der Waals surface area (Å²) in [5.41, 5.74) is 6.00. The molecule has 0 saturated heterocycles. The maximum Gasteiger partial charge on any atom is 0.137 e. The highest BCUT2D eigenvalue weighted by Gasteiger charge is 2.16. The molecule has 0 N–H and O–H groups in total. The lowest BCUT2D eigenvalue weighted by Crippen LogP contribution is -2.22. The molecule has 0 fully saturated rings. The van der Waals surface area contributed by atoms with Gasteiger partial charge in [0.2, 0.25) is 0 Å². The summed E-state index contributed by atoms with van der Waals surface area (Å²) in [5.74, 6) is 1.65. The van der Waals surface area contributed by atoms with Gasteiger partial charge in [0, 0.05) is 23.6 Å². The minimum atomic E-state index is 0.682. The van der Waals surface area contributed by atoms with E-state index in [0.29, 0.717) is 5.75 Å². The monoisotopic (exact) mass is 348 g/mol. The molecule has 0 amide bonds. The van der Waals surface area contributed by atoms with Crippen molar-refractivity contribution in [3.05, 3.63) is 47.3 Å². The Labute approximate surface area is 155 Å². The molecule has 0 unspecified atom stereocenters. The minimum Gasteiger partial charge on any atom is -0.329 e. The Morgan fingerprint density at radius 2 is 1.75 bits per heavy atom. The van der Waals surface area contributed by atoms with Crippen LogP contribution in [0.25, 0.3) is 0 Å². The van der Waals surface area contributed by atoms with E-state index in [1.54, 1.807) is 0 Å². The van der Waals surface area contributed by atoms with E-state index in [-0.39, 0.29) is 0 Å². The first-order valence-corrected chi connectivity index (χ1v) is 9.64. The van der Waals surface area contributed by atoms with E-state index < -0.39 is 0 Å². The van der Waals surface area contributed by atoms with Crippen molar-refractivity contribution in [2.24, 2.45) is 0 Å². The van der Waals surface area contributed by atoms with Gasteiger partial charge in [0.15, 0.2) is 0 Å². The van der Waals surface area contributed by atoms with Crippen LogP contribution >= 0.6 is 12.6 Å². The number of aryl methyl sites for hydroxylation is 1. The van der Waals surface area contributed by atoms with Crippen molar-refractivity contribution in [2.45, 2.75) is 73.0 Å². The third-order valence-corrected chi connectivity index (χ3v) is 4.35. The topological polar surface area (TPSA) is 16.1 Å². The van der Waals surface area contributed by atoms with Crippen LogP contribution in [0.4, 0.5) is 5.82 Å². The molecule has 0 aliphatic heterocycles. The number of aromatic nitrogens is 1. The highest BCUT2D eigenvalue weighted by Crippen LogP contribution is 2.28. The molecule has 0 radical (unpaired) electrons. The van der Waals surface area contributed by atoms with Crippen molar-refractivity contribution in [2.75, 3.05) is 11.4 Å². The summed E-state index contributed by atoms with van der Waals surface area (Å²) < 4.78 is 0. The fraction of sp³-hybridized carbons (Fsp3) is 0.571. The van der Waals surface area contributed by atoms with E-state index in [2.05, 4.69) is 72.2 Å². The first kappa shape index (κ1) is 22.8. The van der Waals surface area contributed by atoms with Crippen LogP contribution in [0.5, 0.6) is 0 Å². The molecule has 1 aromatic heterocycles. The molecule has 1 rings (SSSR count). The molecular weight excluding hydrogens is 312 g/mol. The lowest BCUT2D eigenvalue weighted by Gasteiger charge is -2.25. The standard InChI is InChI=1S/C18H28N2S.C3H8/c1-7-9-10-13(3)11-20(8-2)18-17(12-21)15(5)14(4)16(6)19-18;1-3-2/h8,21H,2-3,7,9-12H2,1,4-6H3;3H2,1-2H3. The summed E-state index contributed by atoms with van der Waals surface area (Å²) in [5, 5.41) is 0. The molecular formula is C21H36N2S. The molecule has 0 saturated carbocycles. The molecule has 0 spiro atoms. The van der Waals surface area contributed by atoms with Crippen molar-refractivity contribution in [1.29, 1.82) is 0 Å². The smallest absolute Gasteiger partial charge is 0.137 e. The van der Waals surface area contributed by atoms with Crippen LogP contribution in [0.1, 0.15) is 68.8 Å². The van der Waals surface area contributed by atoms with Gasteiger partial charge in [-0.2, -0.15) is 12.6 Å². The fourth-order valence-electron chi connectivity index (χ4n) is 2.38. The molecule has 1 heterocycles. The van der Waals surface area contributed by atoms with E-state index in [1.807, 2.05) is 6.20 Å². The zero-order valence-corrected chi connectivity index (χ0v) is 17.5. The van der Waals surface area contributed by atoms with Crippen molar-refractivity contribution in [3.8, 4) is 0 Å². The second kappa shape index (κ2) is 12.2. The van der Waals surface area contributed by atoms with Gasteiger partial charge in [-0.15, -0.1) is 0 Å². The van der Waals surface area contributed by atoms with Gasteiger partial charge < -0.3 is 4.90 Å². The normalized spacial score (nSPS) is 9.96. The number of nitrogens with zero attached hydrogens (tertiary/aromatic N) is 2. The number of unbranched alkanes of at least 4 members (excludes halogenated alkanes) is 1. The first-order chi connectivity index (χ1) is 11.4. The van der Waals surface area contributed by atoms with Crippen LogP contribution in [-0.2, 0) is 5.75 Å². The fourth-order valence-corrected chi connectivity index (χ4v) is 2.75. The van der Waals surface area contributed by atoms with Gasteiger partial charge in [-0.25, -0.2) is 4.98 Å². The lowest BCUT2D eigenvalue weighted by atomic mass is 10.0. The SMILES string of the molecule is C=CN(CC(=C)CCCC)c1nc(C)c(C)c(C)c1CS.CCC. The predicted molar refractivity (Wildman–Crippen MR) is 113 cm³/mol. The van der Waals surface area contributed by atoms with Crippen LogP contribution in [-0.4, -0.2) is 11.5 Å². The molecule has 0 aliphatic carbocycles. The highest BCUT2D eigenvalue weighted by atomic mass is 32.1. The number of anilines is 1. The number of thiol groups is 1. The molecule has 0 bridgehead atoms. The van der Waals surface area contributed by atoms with Gasteiger partial charge in [-0.1, -0.05) is 52.3 Å². The Bertz CT molecular complexity index is 535. The van der Waals surface area contributed by atoms with Gasteiger partial charge in [0.05, 0.1) is 0 Å². The predicted octanol–water partition coefficient (Wildman–Crippen LogP) is 6.55. The summed E-state index contributed by atoms with van der Waals surface area (Å²) in [7, 11) is 0. The molecule has 0 aliphatic rings. The zero-order valence-electron chi connectivity index (χ0n) is 16.6. The van der Waals surface area contributed by atoms with Crippen molar-refractivity contribution in [1.82, 2.24) is 4.98 Å². The average molecular weight is 349 g/mol. The van der Waals surface area contributed by atoms with Crippen molar-refractivity contribution >= 4 is 18.4 Å².